The van der Waals surface area contributed by atoms with Crippen molar-refractivity contribution in [3.8, 4) is 22.3 Å². The minimum absolute atomic E-state index is 0. The summed E-state index contributed by atoms with van der Waals surface area (Å²) in [5, 5.41) is 5.49. The quantitative estimate of drug-likeness (QED) is 0.125. The summed E-state index contributed by atoms with van der Waals surface area (Å²) in [6.07, 6.45) is 0. The molecule has 0 aromatic heterocycles. The van der Waals surface area contributed by atoms with Crippen LogP contribution in [0.15, 0.2) is 103 Å². The van der Waals surface area contributed by atoms with Gasteiger partial charge in [0.05, 0.1) is 0 Å². The molecule has 0 amide bonds. The SMILES string of the molecule is CC(C)c1cc2c(-c3ccccc3)cccc2[cH-]1.Cc1cc2c(-c3ccc(C(C)(C)C)cc3)cc(C)c(C)c2[cH-]1.Cl.Cl.[CH3-].[CH3-].[Si]=[Zr]. The number of halogens is 2. The van der Waals surface area contributed by atoms with Gasteiger partial charge in [0.15, 0.2) is 0 Å². The van der Waals surface area contributed by atoms with Gasteiger partial charge in [0, 0.05) is 0 Å². The standard InChI is InChI=1S/C22H25.C18H17.2CH3.2ClH.Si.Zr/c1-14-11-19-16(3)15(2)13-20(21(19)12-14)17-7-9-18(10-8-17)22(4,5)6;1-13(2)16-11-15-9-6-10-17(18(15)12-16)14-7-4-3-5-8-14;;;;;;/h7-13H,1-6H3;3-13H,1-2H3;2*1H3;2*1H;;/q4*-1;;;;. The third-order valence-electron chi connectivity index (χ3n) is 8.27. The van der Waals surface area contributed by atoms with Crippen LogP contribution in [0.5, 0.6) is 0 Å². The molecule has 2 radical (unpaired) electrons. The zero-order valence-corrected chi connectivity index (χ0v) is 34.3. The summed E-state index contributed by atoms with van der Waals surface area (Å²) in [5.74, 6) is 0.584. The Labute approximate surface area is 309 Å². The third kappa shape index (κ3) is 9.90. The number of aryl methyl sites for hydroxylation is 3. The zero-order valence-electron chi connectivity index (χ0n) is 29.2. The molecule has 0 saturated heterocycles. The molecule has 6 aromatic carbocycles. The normalized spacial score (nSPS) is 10.3. The molecule has 0 N–H and O–H groups in total. The van der Waals surface area contributed by atoms with Gasteiger partial charge in [-0.25, -0.2) is 0 Å². The van der Waals surface area contributed by atoms with E-state index in [1.165, 1.54) is 95.0 Å². The van der Waals surface area contributed by atoms with Gasteiger partial charge >= 0.3 is 30.2 Å². The Bertz CT molecular complexity index is 1790. The van der Waals surface area contributed by atoms with Crippen LogP contribution in [0.3, 0.4) is 0 Å². The van der Waals surface area contributed by atoms with Crippen LogP contribution < -0.4 is 0 Å². The summed E-state index contributed by atoms with van der Waals surface area (Å²) in [7, 11) is 0. The van der Waals surface area contributed by atoms with Gasteiger partial charge < -0.3 is 14.9 Å². The molecule has 244 valence electrons. The van der Waals surface area contributed by atoms with Crippen LogP contribution in [0.1, 0.15) is 68.4 Å². The fraction of sp³-hybridized carbons (Fsp3) is 0.238. The van der Waals surface area contributed by atoms with Crippen molar-refractivity contribution in [2.75, 3.05) is 0 Å². The molecule has 0 spiro atoms. The number of hydrogen-bond donors (Lipinski definition) is 0. The molecule has 0 fully saturated rings. The molecule has 6 aromatic rings. The van der Waals surface area contributed by atoms with Crippen LogP contribution in [-0.2, 0) is 28.8 Å². The molecule has 4 heteroatoms. The van der Waals surface area contributed by atoms with Gasteiger partial charge in [0.25, 0.3) is 0 Å². The maximum atomic E-state index is 3.06. The second-order valence-electron chi connectivity index (χ2n) is 12.7. The fourth-order valence-corrected chi connectivity index (χ4v) is 5.65. The first-order valence-electron chi connectivity index (χ1n) is 14.8. The van der Waals surface area contributed by atoms with Gasteiger partial charge in [-0.05, 0) is 34.9 Å². The average molecular weight is 745 g/mol. The minimum atomic E-state index is 0. The molecule has 0 atom stereocenters. The van der Waals surface area contributed by atoms with E-state index in [1.54, 1.807) is 0 Å². The topological polar surface area (TPSA) is 0 Å². The van der Waals surface area contributed by atoms with Crippen LogP contribution in [0.25, 0.3) is 43.8 Å². The Morgan fingerprint density at radius 2 is 1.24 bits per heavy atom. The van der Waals surface area contributed by atoms with Gasteiger partial charge in [-0.15, -0.1) is 87.3 Å². The van der Waals surface area contributed by atoms with Crippen LogP contribution >= 0.6 is 24.8 Å². The number of benzene rings is 4. The van der Waals surface area contributed by atoms with Gasteiger partial charge in [-0.1, -0.05) is 132 Å². The van der Waals surface area contributed by atoms with Crippen molar-refractivity contribution in [2.45, 2.75) is 66.7 Å². The summed E-state index contributed by atoms with van der Waals surface area (Å²) in [4.78, 5) is 0. The van der Waals surface area contributed by atoms with E-state index < -0.39 is 0 Å². The van der Waals surface area contributed by atoms with Gasteiger partial charge in [0.2, 0.25) is 0 Å². The molecular formula is C42H50Cl2SiZr-4. The van der Waals surface area contributed by atoms with E-state index in [0.717, 1.165) is 0 Å². The summed E-state index contributed by atoms with van der Waals surface area (Å²) in [5.41, 5.74) is 12.4. The van der Waals surface area contributed by atoms with Crippen molar-refractivity contribution < 1.29 is 23.3 Å². The fourth-order valence-electron chi connectivity index (χ4n) is 5.65. The van der Waals surface area contributed by atoms with E-state index in [4.69, 9.17) is 0 Å². The van der Waals surface area contributed by atoms with Crippen LogP contribution in [0.4, 0.5) is 0 Å². The van der Waals surface area contributed by atoms with Crippen LogP contribution in [-0.4, -0.2) is 6.88 Å². The Hall–Kier alpha value is -2.22. The van der Waals surface area contributed by atoms with Gasteiger partial charge in [-0.2, -0.15) is 12.1 Å². The van der Waals surface area contributed by atoms with Crippen molar-refractivity contribution in [1.29, 1.82) is 0 Å². The van der Waals surface area contributed by atoms with Gasteiger partial charge in [-0.3, -0.25) is 0 Å². The maximum absolute atomic E-state index is 3.06. The molecule has 0 bridgehead atoms. The van der Waals surface area contributed by atoms with Crippen molar-refractivity contribution >= 4 is 53.2 Å². The summed E-state index contributed by atoms with van der Waals surface area (Å²) in [6.45, 7) is 21.0. The van der Waals surface area contributed by atoms with E-state index in [2.05, 4.69) is 165 Å². The molecule has 0 saturated carbocycles. The molecule has 0 aliphatic heterocycles. The number of fused-ring (bicyclic) bond motifs is 2. The molecule has 0 aliphatic carbocycles. The van der Waals surface area contributed by atoms with E-state index in [-0.39, 0.29) is 45.1 Å². The number of rotatable bonds is 3. The molecule has 46 heavy (non-hydrogen) atoms. The molecule has 0 unspecified atom stereocenters. The Kier molecular flexibility index (Phi) is 18.0. The van der Waals surface area contributed by atoms with E-state index >= 15 is 0 Å². The van der Waals surface area contributed by atoms with Crippen LogP contribution in [0, 0.1) is 35.6 Å². The summed E-state index contributed by atoms with van der Waals surface area (Å²) >= 11 is 1.36. The van der Waals surface area contributed by atoms with Crippen molar-refractivity contribution in [3.63, 3.8) is 0 Å². The second-order valence-corrected chi connectivity index (χ2v) is 12.7. The van der Waals surface area contributed by atoms with Crippen molar-refractivity contribution in [3.05, 3.63) is 146 Å². The molecular weight excluding hydrogens is 695 g/mol. The summed E-state index contributed by atoms with van der Waals surface area (Å²) in [6, 6.07) is 37.9. The molecule has 0 aliphatic rings. The number of hydrogen-bond acceptors (Lipinski definition) is 0. The van der Waals surface area contributed by atoms with Crippen molar-refractivity contribution in [2.24, 2.45) is 0 Å². The Balaban J connectivity index is 0.000000782. The van der Waals surface area contributed by atoms with E-state index in [9.17, 15) is 0 Å². The van der Waals surface area contributed by atoms with Gasteiger partial charge in [0.1, 0.15) is 0 Å². The molecule has 0 heterocycles. The Morgan fingerprint density at radius 1 is 0.652 bits per heavy atom. The van der Waals surface area contributed by atoms with Crippen LogP contribution in [0.2, 0.25) is 0 Å². The molecule has 0 nitrogen and oxygen atoms in total. The van der Waals surface area contributed by atoms with Crippen molar-refractivity contribution in [1.82, 2.24) is 0 Å². The first-order valence-corrected chi connectivity index (χ1v) is 19.0. The molecule has 6 rings (SSSR count). The predicted molar refractivity (Wildman–Crippen MR) is 210 cm³/mol. The predicted octanol–water partition coefficient (Wildman–Crippen LogP) is 13.2. The zero-order chi connectivity index (χ0) is 30.6. The Morgan fingerprint density at radius 3 is 1.80 bits per heavy atom. The average Bonchev–Trinajstić information content (AvgIpc) is 3.61. The van der Waals surface area contributed by atoms with E-state index in [0.29, 0.717) is 5.92 Å². The summed E-state index contributed by atoms with van der Waals surface area (Å²) < 4.78 is 0. The monoisotopic (exact) mass is 742 g/mol. The first kappa shape index (κ1) is 43.8. The third-order valence-corrected chi connectivity index (χ3v) is 8.27. The second kappa shape index (κ2) is 18.9. The van der Waals surface area contributed by atoms with E-state index in [1.807, 2.05) is 0 Å². The first-order chi connectivity index (χ1) is 20.0.